The average molecular weight is 262 g/mol. The summed E-state index contributed by atoms with van der Waals surface area (Å²) in [5, 5.41) is 31.9. The highest BCUT2D eigenvalue weighted by atomic mass is 16.4. The van der Waals surface area contributed by atoms with Gasteiger partial charge >= 0.3 is 23.9 Å². The predicted molar refractivity (Wildman–Crippen MR) is 58.2 cm³/mol. The molecule has 0 aliphatic carbocycles. The van der Waals surface area contributed by atoms with Crippen molar-refractivity contribution in [2.45, 2.75) is 25.7 Å². The van der Waals surface area contributed by atoms with Gasteiger partial charge < -0.3 is 20.4 Å². The van der Waals surface area contributed by atoms with E-state index in [1.165, 1.54) is 0 Å². The minimum absolute atomic E-state index is 0.0628. The van der Waals surface area contributed by atoms with Crippen molar-refractivity contribution in [1.82, 2.24) is 0 Å². The van der Waals surface area contributed by atoms with E-state index in [0.717, 1.165) is 0 Å². The van der Waals surface area contributed by atoms with Crippen LogP contribution in [0.4, 0.5) is 0 Å². The highest BCUT2D eigenvalue weighted by Gasteiger charge is 1.99. The van der Waals surface area contributed by atoms with Gasteiger partial charge in [0, 0.05) is 25.0 Å². The predicted octanol–water partition coefficient (Wildman–Crippen LogP) is 0.428. The molecule has 4 N–H and O–H groups in total. The number of carboxylic acid groups (broad SMARTS) is 4. The highest BCUT2D eigenvalue weighted by molar-refractivity contribution is 5.89. The van der Waals surface area contributed by atoms with E-state index in [0.29, 0.717) is 25.0 Å². The number of unbranched alkanes of at least 4 members (excludes halogenated alkanes) is 1. The zero-order valence-electron chi connectivity index (χ0n) is 9.40. The molecule has 8 nitrogen and oxygen atoms in total. The van der Waals surface area contributed by atoms with E-state index in [4.69, 9.17) is 20.4 Å². The molecule has 0 atom stereocenters. The first-order valence-corrected chi connectivity index (χ1v) is 4.83. The molecule has 0 saturated heterocycles. The first-order chi connectivity index (χ1) is 8.25. The summed E-state index contributed by atoms with van der Waals surface area (Å²) in [5.41, 5.74) is 0. The van der Waals surface area contributed by atoms with Gasteiger partial charge in [-0.2, -0.15) is 0 Å². The number of hydrogen-bond donors (Lipinski definition) is 4. The molecule has 0 unspecified atom stereocenters. The van der Waals surface area contributed by atoms with Crippen molar-refractivity contribution in [3.05, 3.63) is 12.2 Å². The molecule has 0 aromatic carbocycles. The third-order valence-electron chi connectivity index (χ3n) is 1.40. The first kappa shape index (κ1) is 18.0. The van der Waals surface area contributed by atoms with Crippen molar-refractivity contribution in [2.75, 3.05) is 0 Å². The Morgan fingerprint density at radius 3 is 1.11 bits per heavy atom. The van der Waals surface area contributed by atoms with Gasteiger partial charge in [0.15, 0.2) is 0 Å². The Kier molecular flexibility index (Phi) is 11.1. The molecule has 18 heavy (non-hydrogen) atoms. The molecular formula is C10H14O8. The summed E-state index contributed by atoms with van der Waals surface area (Å²) in [6.45, 7) is 0. The average Bonchev–Trinajstić information content (AvgIpc) is 2.22. The summed E-state index contributed by atoms with van der Waals surface area (Å²) in [6, 6.07) is 0. The van der Waals surface area contributed by atoms with Crippen molar-refractivity contribution >= 4 is 23.9 Å². The Balaban J connectivity index is 0. The second-order valence-electron chi connectivity index (χ2n) is 3.00. The molecule has 0 saturated carbocycles. The minimum Gasteiger partial charge on any atom is -0.481 e. The van der Waals surface area contributed by atoms with Gasteiger partial charge in [0.1, 0.15) is 0 Å². The summed E-state index contributed by atoms with van der Waals surface area (Å²) in [6.07, 6.45) is 2.13. The Bertz CT molecular complexity index is 299. The van der Waals surface area contributed by atoms with E-state index >= 15 is 0 Å². The van der Waals surface area contributed by atoms with Gasteiger partial charge in [-0.05, 0) is 12.8 Å². The first-order valence-electron chi connectivity index (χ1n) is 4.83. The lowest BCUT2D eigenvalue weighted by Crippen LogP contribution is -1.97. The number of hydrogen-bond acceptors (Lipinski definition) is 4. The van der Waals surface area contributed by atoms with Crippen LogP contribution in [0.3, 0.4) is 0 Å². The van der Waals surface area contributed by atoms with Gasteiger partial charge in [0.2, 0.25) is 0 Å². The molecule has 0 radical (unpaired) electrons. The van der Waals surface area contributed by atoms with Gasteiger partial charge in [-0.3, -0.25) is 9.59 Å². The zero-order chi connectivity index (χ0) is 14.6. The smallest absolute Gasteiger partial charge is 0.328 e. The number of carboxylic acids is 4. The van der Waals surface area contributed by atoms with Gasteiger partial charge in [-0.1, -0.05) is 0 Å². The molecular weight excluding hydrogens is 248 g/mol. The highest BCUT2D eigenvalue weighted by Crippen LogP contribution is 1.98. The summed E-state index contributed by atoms with van der Waals surface area (Å²) in [7, 11) is 0. The van der Waals surface area contributed by atoms with Crippen molar-refractivity contribution in [2.24, 2.45) is 0 Å². The Morgan fingerprint density at radius 2 is 0.944 bits per heavy atom. The van der Waals surface area contributed by atoms with E-state index in [1.807, 2.05) is 0 Å². The standard InChI is InChI=1S/C6H10O4.C4H4O4/c7-5(8)3-1-2-4-6(9)10;5-3(6)1-2-4(7)8/h1-4H2,(H,7,8)(H,9,10);1-2H,(H,5,6)(H,7,8)/b;2-1-. The second-order valence-corrected chi connectivity index (χ2v) is 3.00. The largest absolute Gasteiger partial charge is 0.481 e. The molecule has 8 heteroatoms. The topological polar surface area (TPSA) is 149 Å². The molecule has 102 valence electrons. The Labute approximate surface area is 102 Å². The molecule has 0 aromatic rings. The second kappa shape index (κ2) is 11.1. The van der Waals surface area contributed by atoms with Crippen LogP contribution in [0.2, 0.25) is 0 Å². The van der Waals surface area contributed by atoms with Crippen LogP contribution in [0.5, 0.6) is 0 Å². The number of rotatable bonds is 7. The summed E-state index contributed by atoms with van der Waals surface area (Å²) >= 11 is 0. The number of carbonyl (C=O) groups is 4. The summed E-state index contributed by atoms with van der Waals surface area (Å²) in [5.74, 6) is -4.25. The van der Waals surface area contributed by atoms with E-state index in [2.05, 4.69) is 0 Å². The van der Waals surface area contributed by atoms with Crippen LogP contribution >= 0.6 is 0 Å². The van der Waals surface area contributed by atoms with E-state index in [1.54, 1.807) is 0 Å². The molecule has 0 rings (SSSR count). The van der Waals surface area contributed by atoms with E-state index < -0.39 is 23.9 Å². The summed E-state index contributed by atoms with van der Waals surface area (Å²) in [4.78, 5) is 38.9. The number of aliphatic carboxylic acids is 4. The van der Waals surface area contributed by atoms with Gasteiger partial charge in [-0.25, -0.2) is 9.59 Å². The maximum Gasteiger partial charge on any atom is 0.328 e. The Morgan fingerprint density at radius 1 is 0.667 bits per heavy atom. The quantitative estimate of drug-likeness (QED) is 0.381. The normalized spacial score (nSPS) is 9.33. The maximum absolute atomic E-state index is 9.90. The lowest BCUT2D eigenvalue weighted by Gasteiger charge is -1.92. The van der Waals surface area contributed by atoms with Crippen molar-refractivity contribution in [1.29, 1.82) is 0 Å². The molecule has 0 amide bonds. The van der Waals surface area contributed by atoms with Crippen LogP contribution in [0.25, 0.3) is 0 Å². The third kappa shape index (κ3) is 23.4. The van der Waals surface area contributed by atoms with E-state index in [-0.39, 0.29) is 12.8 Å². The Hall–Kier alpha value is -2.38. The minimum atomic E-state index is -1.26. The zero-order valence-corrected chi connectivity index (χ0v) is 9.40. The van der Waals surface area contributed by atoms with Crippen LogP contribution in [0.15, 0.2) is 12.2 Å². The van der Waals surface area contributed by atoms with Gasteiger partial charge in [-0.15, -0.1) is 0 Å². The van der Waals surface area contributed by atoms with Crippen LogP contribution in [-0.2, 0) is 19.2 Å². The SMILES string of the molecule is O=C(O)/C=C\C(=O)O.O=C(O)CCCCC(=O)O. The molecule has 0 aliphatic rings. The van der Waals surface area contributed by atoms with Crippen molar-refractivity contribution < 1.29 is 39.6 Å². The van der Waals surface area contributed by atoms with Crippen molar-refractivity contribution in [3.63, 3.8) is 0 Å². The third-order valence-corrected chi connectivity index (χ3v) is 1.40. The van der Waals surface area contributed by atoms with Crippen LogP contribution in [0.1, 0.15) is 25.7 Å². The fourth-order valence-electron chi connectivity index (χ4n) is 0.695. The molecule has 0 aromatic heterocycles. The van der Waals surface area contributed by atoms with E-state index in [9.17, 15) is 19.2 Å². The molecule has 0 aliphatic heterocycles. The van der Waals surface area contributed by atoms with Crippen LogP contribution < -0.4 is 0 Å². The van der Waals surface area contributed by atoms with Gasteiger partial charge in [0.25, 0.3) is 0 Å². The lowest BCUT2D eigenvalue weighted by atomic mass is 10.2. The van der Waals surface area contributed by atoms with Crippen molar-refractivity contribution in [3.8, 4) is 0 Å². The maximum atomic E-state index is 9.90. The monoisotopic (exact) mass is 262 g/mol. The molecule has 0 bridgehead atoms. The fraction of sp³-hybridized carbons (Fsp3) is 0.400. The van der Waals surface area contributed by atoms with Gasteiger partial charge in [0.05, 0.1) is 0 Å². The fourth-order valence-corrected chi connectivity index (χ4v) is 0.695. The van der Waals surface area contributed by atoms with Crippen LogP contribution in [-0.4, -0.2) is 44.3 Å². The molecule has 0 spiro atoms. The molecule has 0 heterocycles. The lowest BCUT2D eigenvalue weighted by molar-refractivity contribution is -0.139. The molecule has 0 fully saturated rings. The van der Waals surface area contributed by atoms with Crippen LogP contribution in [0, 0.1) is 0 Å². The summed E-state index contributed by atoms with van der Waals surface area (Å²) < 4.78 is 0.